The average molecular weight is 287 g/mol. The van der Waals surface area contributed by atoms with Gasteiger partial charge in [-0.15, -0.1) is 0 Å². The van der Waals surface area contributed by atoms with Crippen LogP contribution in [0.25, 0.3) is 11.3 Å². The Morgan fingerprint density at radius 1 is 1.29 bits per heavy atom. The zero-order chi connectivity index (χ0) is 14.7. The van der Waals surface area contributed by atoms with Gasteiger partial charge >= 0.3 is 0 Å². The molecular weight excluding hydrogens is 270 g/mol. The van der Waals surface area contributed by atoms with Gasteiger partial charge in [0.1, 0.15) is 0 Å². The van der Waals surface area contributed by atoms with Crippen LogP contribution in [-0.4, -0.2) is 33.3 Å². The SMILES string of the molecule is O=C(N[C@H]1CCCC[C@@H]1O)c1cc(-c2ccncc2)on1. The highest BCUT2D eigenvalue weighted by Gasteiger charge is 2.26. The van der Waals surface area contributed by atoms with Gasteiger partial charge in [0.25, 0.3) is 5.91 Å². The van der Waals surface area contributed by atoms with Crippen molar-refractivity contribution in [3.8, 4) is 11.3 Å². The molecule has 2 aromatic rings. The van der Waals surface area contributed by atoms with Gasteiger partial charge in [0.2, 0.25) is 0 Å². The van der Waals surface area contributed by atoms with Gasteiger partial charge in [0.05, 0.1) is 12.1 Å². The molecule has 2 N–H and O–H groups in total. The van der Waals surface area contributed by atoms with Crippen LogP contribution in [0.3, 0.4) is 0 Å². The standard InChI is InChI=1S/C15H17N3O3/c19-13-4-2-1-3-11(13)17-15(20)12-9-14(21-18-12)10-5-7-16-8-6-10/h5-9,11,13,19H,1-4H2,(H,17,20)/t11-,13-/m0/s1. The van der Waals surface area contributed by atoms with Crippen molar-refractivity contribution in [3.63, 3.8) is 0 Å². The minimum absolute atomic E-state index is 0.202. The van der Waals surface area contributed by atoms with Gasteiger partial charge in [-0.1, -0.05) is 18.0 Å². The van der Waals surface area contributed by atoms with Crippen LogP contribution in [0.15, 0.2) is 35.1 Å². The molecule has 2 atom stereocenters. The Morgan fingerprint density at radius 3 is 2.81 bits per heavy atom. The maximum atomic E-state index is 12.1. The van der Waals surface area contributed by atoms with E-state index in [9.17, 15) is 9.90 Å². The predicted octanol–water partition coefficient (Wildman–Crippen LogP) is 1.77. The van der Waals surface area contributed by atoms with Gasteiger partial charge in [0, 0.05) is 24.0 Å². The minimum atomic E-state index is -0.478. The Kier molecular flexibility index (Phi) is 3.96. The second-order valence-corrected chi connectivity index (χ2v) is 5.24. The van der Waals surface area contributed by atoms with E-state index in [1.807, 2.05) is 0 Å². The highest BCUT2D eigenvalue weighted by atomic mass is 16.5. The molecule has 0 aromatic carbocycles. The Morgan fingerprint density at radius 2 is 2.05 bits per heavy atom. The molecule has 2 aromatic heterocycles. The van der Waals surface area contributed by atoms with Crippen molar-refractivity contribution in [2.45, 2.75) is 37.8 Å². The smallest absolute Gasteiger partial charge is 0.273 e. The molecule has 2 heterocycles. The van der Waals surface area contributed by atoms with Gasteiger partial charge in [-0.3, -0.25) is 9.78 Å². The molecule has 6 heteroatoms. The topological polar surface area (TPSA) is 88.2 Å². The third-order valence-corrected chi connectivity index (χ3v) is 3.75. The molecule has 110 valence electrons. The van der Waals surface area contributed by atoms with Crippen LogP contribution in [0.5, 0.6) is 0 Å². The van der Waals surface area contributed by atoms with E-state index in [0.29, 0.717) is 5.76 Å². The zero-order valence-electron chi connectivity index (χ0n) is 11.5. The second kappa shape index (κ2) is 6.05. The summed E-state index contributed by atoms with van der Waals surface area (Å²) in [7, 11) is 0. The van der Waals surface area contributed by atoms with Crippen molar-refractivity contribution >= 4 is 5.91 Å². The number of hydrogen-bond donors (Lipinski definition) is 2. The van der Waals surface area contributed by atoms with Gasteiger partial charge < -0.3 is 14.9 Å². The van der Waals surface area contributed by atoms with E-state index >= 15 is 0 Å². The number of amides is 1. The van der Waals surface area contributed by atoms with E-state index in [1.54, 1.807) is 30.6 Å². The summed E-state index contributed by atoms with van der Waals surface area (Å²) < 4.78 is 5.19. The average Bonchev–Trinajstić information content (AvgIpc) is 3.00. The first kappa shape index (κ1) is 13.8. The first-order chi connectivity index (χ1) is 10.2. The van der Waals surface area contributed by atoms with E-state index in [0.717, 1.165) is 31.2 Å². The van der Waals surface area contributed by atoms with Gasteiger partial charge in [-0.25, -0.2) is 0 Å². The molecule has 0 bridgehead atoms. The molecule has 0 radical (unpaired) electrons. The van der Waals surface area contributed by atoms with Gasteiger partial charge in [-0.05, 0) is 25.0 Å². The maximum absolute atomic E-state index is 12.1. The molecule has 0 spiro atoms. The van der Waals surface area contributed by atoms with Gasteiger partial charge in [-0.2, -0.15) is 0 Å². The Hall–Kier alpha value is -2.21. The van der Waals surface area contributed by atoms with Crippen molar-refractivity contribution in [1.82, 2.24) is 15.5 Å². The summed E-state index contributed by atoms with van der Waals surface area (Å²) in [6.07, 6.45) is 6.36. The minimum Gasteiger partial charge on any atom is -0.391 e. The summed E-state index contributed by atoms with van der Waals surface area (Å²) in [5.41, 5.74) is 1.04. The first-order valence-corrected chi connectivity index (χ1v) is 7.10. The van der Waals surface area contributed by atoms with E-state index in [1.165, 1.54) is 0 Å². The lowest BCUT2D eigenvalue weighted by Crippen LogP contribution is -2.45. The number of aliphatic hydroxyl groups excluding tert-OH is 1. The van der Waals surface area contributed by atoms with Crippen molar-refractivity contribution in [2.24, 2.45) is 0 Å². The fourth-order valence-corrected chi connectivity index (χ4v) is 2.56. The lowest BCUT2D eigenvalue weighted by Gasteiger charge is -2.27. The predicted molar refractivity (Wildman–Crippen MR) is 75.5 cm³/mol. The lowest BCUT2D eigenvalue weighted by atomic mass is 9.92. The molecule has 6 nitrogen and oxygen atoms in total. The molecular formula is C15H17N3O3. The monoisotopic (exact) mass is 287 g/mol. The molecule has 0 unspecified atom stereocenters. The third-order valence-electron chi connectivity index (χ3n) is 3.75. The van der Waals surface area contributed by atoms with Crippen LogP contribution >= 0.6 is 0 Å². The number of nitrogens with one attached hydrogen (secondary N) is 1. The van der Waals surface area contributed by atoms with E-state index in [2.05, 4.69) is 15.5 Å². The fraction of sp³-hybridized carbons (Fsp3) is 0.400. The maximum Gasteiger partial charge on any atom is 0.273 e. The Labute approximate surface area is 122 Å². The van der Waals surface area contributed by atoms with Gasteiger partial charge in [0.15, 0.2) is 11.5 Å². The zero-order valence-corrected chi connectivity index (χ0v) is 11.5. The summed E-state index contributed by atoms with van der Waals surface area (Å²) in [6.45, 7) is 0. The highest BCUT2D eigenvalue weighted by molar-refractivity contribution is 5.93. The number of hydrogen-bond acceptors (Lipinski definition) is 5. The quantitative estimate of drug-likeness (QED) is 0.898. The highest BCUT2D eigenvalue weighted by Crippen LogP contribution is 2.21. The number of aromatic nitrogens is 2. The summed E-state index contributed by atoms with van der Waals surface area (Å²) in [6, 6.07) is 4.97. The summed E-state index contributed by atoms with van der Waals surface area (Å²) in [4.78, 5) is 16.1. The fourth-order valence-electron chi connectivity index (χ4n) is 2.56. The number of aliphatic hydroxyl groups is 1. The summed E-state index contributed by atoms with van der Waals surface area (Å²) in [5, 5.41) is 16.5. The Balaban J connectivity index is 1.69. The van der Waals surface area contributed by atoms with E-state index in [4.69, 9.17) is 4.52 Å². The first-order valence-electron chi connectivity index (χ1n) is 7.10. The normalized spacial score (nSPS) is 22.0. The molecule has 3 rings (SSSR count). The summed E-state index contributed by atoms with van der Waals surface area (Å²) >= 11 is 0. The third kappa shape index (κ3) is 3.11. The molecule has 1 saturated carbocycles. The molecule has 1 aliphatic rings. The molecule has 0 saturated heterocycles. The van der Waals surface area contributed by atoms with Crippen LogP contribution in [0.1, 0.15) is 36.2 Å². The van der Waals surface area contributed by atoms with E-state index < -0.39 is 6.10 Å². The van der Waals surface area contributed by atoms with Crippen LogP contribution in [-0.2, 0) is 0 Å². The largest absolute Gasteiger partial charge is 0.391 e. The lowest BCUT2D eigenvalue weighted by molar-refractivity contribution is 0.0711. The molecule has 1 aliphatic carbocycles. The number of carbonyl (C=O) groups is 1. The molecule has 1 amide bonds. The van der Waals surface area contributed by atoms with Crippen molar-refractivity contribution < 1.29 is 14.4 Å². The number of rotatable bonds is 3. The number of carbonyl (C=O) groups excluding carboxylic acids is 1. The number of nitrogens with zero attached hydrogens (tertiary/aromatic N) is 2. The molecule has 21 heavy (non-hydrogen) atoms. The Bertz CT molecular complexity index is 612. The van der Waals surface area contributed by atoms with Crippen LogP contribution in [0.2, 0.25) is 0 Å². The van der Waals surface area contributed by atoms with Crippen molar-refractivity contribution in [3.05, 3.63) is 36.3 Å². The molecule has 0 aliphatic heterocycles. The second-order valence-electron chi connectivity index (χ2n) is 5.24. The van der Waals surface area contributed by atoms with Crippen molar-refractivity contribution in [1.29, 1.82) is 0 Å². The molecule has 1 fully saturated rings. The van der Waals surface area contributed by atoms with Crippen molar-refractivity contribution in [2.75, 3.05) is 0 Å². The van der Waals surface area contributed by atoms with Crippen LogP contribution in [0, 0.1) is 0 Å². The van der Waals surface area contributed by atoms with Crippen LogP contribution < -0.4 is 5.32 Å². The number of pyridine rings is 1. The van der Waals surface area contributed by atoms with Crippen LogP contribution in [0.4, 0.5) is 0 Å². The summed E-state index contributed by atoms with van der Waals surface area (Å²) in [5.74, 6) is 0.205. The van der Waals surface area contributed by atoms with E-state index in [-0.39, 0.29) is 17.6 Å².